The van der Waals surface area contributed by atoms with Gasteiger partial charge in [0.1, 0.15) is 7.05 Å². The quantitative estimate of drug-likeness (QED) is 0.576. The number of halogens is 2. The Morgan fingerprint density at radius 3 is 2.12 bits per heavy atom. The molecule has 26 heavy (non-hydrogen) atoms. The Bertz CT molecular complexity index is 878. The van der Waals surface area contributed by atoms with Crippen LogP contribution in [-0.4, -0.2) is 24.0 Å². The molecule has 0 aliphatic carbocycles. The first-order chi connectivity index (χ1) is 12.5. The maximum absolute atomic E-state index is 12.8. The van der Waals surface area contributed by atoms with Crippen LogP contribution in [0.1, 0.15) is 0 Å². The molecule has 0 saturated heterocycles. The van der Waals surface area contributed by atoms with E-state index in [1.54, 1.807) is 55.6 Å². The Kier molecular flexibility index (Phi) is 5.32. The number of carbonyl (C=O) groups is 1. The Morgan fingerprint density at radius 2 is 1.58 bits per heavy atom. The Labute approximate surface area is 160 Å². The van der Waals surface area contributed by atoms with Crippen molar-refractivity contribution < 1.29 is 9.50 Å². The average molecular weight is 390 g/mol. The van der Waals surface area contributed by atoms with E-state index in [0.29, 0.717) is 15.7 Å². The molecule has 1 amide bonds. The lowest BCUT2D eigenvalue weighted by Gasteiger charge is -2.18. The molecule has 0 spiro atoms. The molecule has 2 aromatic rings. The van der Waals surface area contributed by atoms with Gasteiger partial charge in [-0.3, -0.25) is 4.79 Å². The van der Waals surface area contributed by atoms with Crippen molar-refractivity contribution in [2.75, 3.05) is 17.7 Å². The molecule has 1 aliphatic heterocycles. The molecule has 0 radical (unpaired) electrons. The van der Waals surface area contributed by atoms with Crippen LogP contribution in [0.2, 0.25) is 10.0 Å². The zero-order chi connectivity index (χ0) is 18.6. The van der Waals surface area contributed by atoms with Gasteiger partial charge in [0, 0.05) is 21.4 Å². The first-order valence-electron chi connectivity index (χ1n) is 7.59. The molecule has 2 N–H and O–H groups in total. The predicted molar refractivity (Wildman–Crippen MR) is 103 cm³/mol. The first kappa shape index (κ1) is 18.1. The molecule has 0 aromatic heterocycles. The van der Waals surface area contributed by atoms with Gasteiger partial charge in [0.15, 0.2) is 0 Å². The summed E-state index contributed by atoms with van der Waals surface area (Å²) >= 11 is 11.8. The molecule has 0 bridgehead atoms. The van der Waals surface area contributed by atoms with Crippen molar-refractivity contribution in [1.29, 1.82) is 0 Å². The van der Waals surface area contributed by atoms with E-state index >= 15 is 0 Å². The van der Waals surface area contributed by atoms with Gasteiger partial charge in [-0.25, -0.2) is 0 Å². The molecular formula is C17H15Cl2N6O+. The van der Waals surface area contributed by atoms with E-state index in [9.17, 15) is 4.79 Å². The molecule has 1 atom stereocenters. The van der Waals surface area contributed by atoms with Crippen molar-refractivity contribution in [1.82, 2.24) is 0 Å². The van der Waals surface area contributed by atoms with Gasteiger partial charge < -0.3 is 10.6 Å². The second-order valence-corrected chi connectivity index (χ2v) is 6.36. The Morgan fingerprint density at radius 1 is 1.00 bits per heavy atom. The number of anilines is 2. The fourth-order valence-corrected chi connectivity index (χ4v) is 2.44. The number of hydrogen-bond acceptors (Lipinski definition) is 5. The van der Waals surface area contributed by atoms with Crippen LogP contribution < -0.4 is 10.6 Å². The van der Waals surface area contributed by atoms with Crippen LogP contribution in [0.3, 0.4) is 0 Å². The van der Waals surface area contributed by atoms with Crippen LogP contribution >= 0.6 is 23.2 Å². The van der Waals surface area contributed by atoms with Crippen molar-refractivity contribution >= 4 is 46.8 Å². The third-order valence-corrected chi connectivity index (χ3v) is 4.07. The summed E-state index contributed by atoms with van der Waals surface area (Å²) in [5, 5.41) is 18.9. The highest BCUT2D eigenvalue weighted by Crippen LogP contribution is 2.23. The second-order valence-electron chi connectivity index (χ2n) is 5.49. The minimum atomic E-state index is -0.380. The van der Waals surface area contributed by atoms with E-state index in [1.165, 1.54) is 12.5 Å². The zero-order valence-corrected chi connectivity index (χ0v) is 15.2. The standard InChI is InChI=1S/C17H14Cl2N6O/c1-25(22-11-21-24-25)16(10-20-14-6-2-12(18)3-7-14)17(26)23-15-8-4-13(19)5-9-15/h2-11H,1H3,(H-,20,23,26)/p+1. The van der Waals surface area contributed by atoms with E-state index in [4.69, 9.17) is 23.2 Å². The van der Waals surface area contributed by atoms with Crippen LogP contribution in [0, 0.1) is 0 Å². The number of hydrogen-bond donors (Lipinski definition) is 2. The number of quaternary nitrogens is 1. The number of nitrogens with one attached hydrogen (secondary N) is 2. The van der Waals surface area contributed by atoms with Crippen molar-refractivity contribution in [2.45, 2.75) is 0 Å². The molecule has 132 valence electrons. The van der Waals surface area contributed by atoms with Gasteiger partial charge in [-0.05, 0) is 58.3 Å². The molecule has 7 nitrogen and oxygen atoms in total. The maximum Gasteiger partial charge on any atom is 0.316 e. The van der Waals surface area contributed by atoms with Gasteiger partial charge in [0.05, 0.1) is 11.4 Å². The van der Waals surface area contributed by atoms with Gasteiger partial charge in [-0.2, -0.15) is 0 Å². The highest BCUT2D eigenvalue weighted by molar-refractivity contribution is 6.30. The van der Waals surface area contributed by atoms with Crippen LogP contribution in [-0.2, 0) is 4.79 Å². The van der Waals surface area contributed by atoms with E-state index in [0.717, 1.165) is 5.69 Å². The predicted octanol–water partition coefficient (Wildman–Crippen LogP) is 4.66. The molecule has 1 unspecified atom stereocenters. The summed E-state index contributed by atoms with van der Waals surface area (Å²) in [6.45, 7) is 0. The number of likely N-dealkylation sites (N-methyl/N-ethyl adjacent to an activating group) is 1. The highest BCUT2D eigenvalue weighted by Gasteiger charge is 2.37. The van der Waals surface area contributed by atoms with Crippen molar-refractivity contribution in [3.8, 4) is 0 Å². The summed E-state index contributed by atoms with van der Waals surface area (Å²) in [4.78, 5) is 12.8. The van der Waals surface area contributed by atoms with E-state index in [-0.39, 0.29) is 16.3 Å². The number of amides is 1. The first-order valence-corrected chi connectivity index (χ1v) is 8.35. The zero-order valence-electron chi connectivity index (χ0n) is 13.7. The fraction of sp³-hybridized carbons (Fsp3) is 0.0588. The lowest BCUT2D eigenvalue weighted by Crippen LogP contribution is -2.36. The molecule has 0 fully saturated rings. The summed E-state index contributed by atoms with van der Waals surface area (Å²) in [5.41, 5.74) is 1.61. The average Bonchev–Trinajstić information content (AvgIpc) is 3.06. The topological polar surface area (TPSA) is 78.2 Å². The molecular weight excluding hydrogens is 375 g/mol. The molecule has 1 aliphatic rings. The number of nitrogens with zero attached hydrogens (tertiary/aromatic N) is 4. The van der Waals surface area contributed by atoms with E-state index in [1.807, 2.05) is 0 Å². The Balaban J connectivity index is 1.85. The van der Waals surface area contributed by atoms with Gasteiger partial charge in [-0.15, -0.1) is 0 Å². The van der Waals surface area contributed by atoms with Gasteiger partial charge in [-0.1, -0.05) is 28.3 Å². The third kappa shape index (κ3) is 4.26. The van der Waals surface area contributed by atoms with Crippen LogP contribution in [0.5, 0.6) is 0 Å². The van der Waals surface area contributed by atoms with Gasteiger partial charge >= 0.3 is 5.91 Å². The minimum Gasteiger partial charge on any atom is -0.356 e. The molecule has 3 rings (SSSR count). The second kappa shape index (κ2) is 7.65. The minimum absolute atomic E-state index is 0.243. The molecule has 1 heterocycles. The number of carbonyl (C=O) groups excluding carboxylic acids is 1. The monoisotopic (exact) mass is 389 g/mol. The van der Waals surface area contributed by atoms with Crippen LogP contribution in [0.4, 0.5) is 11.4 Å². The smallest absolute Gasteiger partial charge is 0.316 e. The SMILES string of the molecule is C[N+]1(C(=CNc2ccc(Cl)cc2)C(=O)Nc2ccc(Cl)cc2)N=CN=N1. The van der Waals surface area contributed by atoms with E-state index < -0.39 is 0 Å². The molecule has 2 aromatic carbocycles. The van der Waals surface area contributed by atoms with Crippen LogP contribution in [0.25, 0.3) is 0 Å². The normalized spacial score (nSPS) is 18.8. The maximum atomic E-state index is 12.8. The summed E-state index contributed by atoms with van der Waals surface area (Å²) in [6.07, 6.45) is 2.84. The lowest BCUT2D eigenvalue weighted by molar-refractivity contribution is -0.882. The van der Waals surface area contributed by atoms with Crippen LogP contribution in [0.15, 0.2) is 75.9 Å². The summed E-state index contributed by atoms with van der Waals surface area (Å²) in [6, 6.07) is 13.9. The van der Waals surface area contributed by atoms with E-state index in [2.05, 4.69) is 26.1 Å². The van der Waals surface area contributed by atoms with Crippen molar-refractivity contribution in [2.24, 2.45) is 15.4 Å². The number of benzene rings is 2. The van der Waals surface area contributed by atoms with Crippen molar-refractivity contribution in [3.05, 3.63) is 70.5 Å². The van der Waals surface area contributed by atoms with Gasteiger partial charge in [0.25, 0.3) is 5.70 Å². The third-order valence-electron chi connectivity index (χ3n) is 3.56. The lowest BCUT2D eigenvalue weighted by atomic mass is 10.3. The fourth-order valence-electron chi connectivity index (χ4n) is 2.19. The highest BCUT2D eigenvalue weighted by atomic mass is 35.5. The van der Waals surface area contributed by atoms with Crippen molar-refractivity contribution in [3.63, 3.8) is 0 Å². The summed E-state index contributed by atoms with van der Waals surface area (Å²) < 4.78 is -0.361. The largest absolute Gasteiger partial charge is 0.356 e. The number of rotatable bonds is 5. The summed E-state index contributed by atoms with van der Waals surface area (Å²) in [5.74, 6) is -0.380. The molecule has 9 heteroatoms. The summed E-state index contributed by atoms with van der Waals surface area (Å²) in [7, 11) is 1.64. The Hall–Kier alpha value is -2.74. The van der Waals surface area contributed by atoms with Gasteiger partial charge in [0.2, 0.25) is 6.34 Å². The molecule has 0 saturated carbocycles.